The molecule has 0 fully saturated rings. The number of rotatable bonds is 13. The van der Waals surface area contributed by atoms with E-state index in [1.807, 2.05) is 71.0 Å². The number of nitrogens with zero attached hydrogens (tertiary/aromatic N) is 7. The molecule has 4 aromatic carbocycles. The van der Waals surface area contributed by atoms with Crippen LogP contribution in [0.2, 0.25) is 0 Å². The minimum absolute atomic E-state index is 0. The zero-order chi connectivity index (χ0) is 46.6. The first-order valence-corrected chi connectivity index (χ1v) is 21.9. The van der Waals surface area contributed by atoms with Gasteiger partial charge in [-0.1, -0.05) is 46.7 Å². The smallest absolute Gasteiger partial charge is 0.258 e. The van der Waals surface area contributed by atoms with Crippen LogP contribution in [0.3, 0.4) is 0 Å². The molecular formula is C50H60FN9O5. The predicted molar refractivity (Wildman–Crippen MR) is 250 cm³/mol. The monoisotopic (exact) mass is 885 g/mol. The number of hydrogen-bond donors (Lipinski definition) is 2. The second-order valence-corrected chi connectivity index (χ2v) is 16.5. The standard InChI is InChI=1S/C23H23FN4O2.C21H19N3O2.C6H14N2O.2H2/c1-14(2)29-21-9-6-15(12-16(21)13-25)23-27-22(28-30-23)19-5-3-4-18-17(19)7-8-20(18)26-11-10-24;1-13(2)25-19-10-9-15(11-16(19)12-22)21-23-20(24-26-21)18-8-4-6-14-5-3-7-17(14)18;1-5(7-2)6(9)8(3)4;;/h3-6,9,12,14,20,26H,7-8,10-11H2,1-2H3;4,6,8-11,13H,3,5,7H2,1-2H3;5,7H,1-4H3;2*1H/t20-;;;;/m0..../s1. The Labute approximate surface area is 382 Å². The Bertz CT molecular complexity index is 2670. The van der Waals surface area contributed by atoms with Gasteiger partial charge in [-0.3, -0.25) is 4.79 Å². The lowest BCUT2D eigenvalue weighted by Gasteiger charge is -2.15. The van der Waals surface area contributed by atoms with E-state index in [0.29, 0.717) is 63.7 Å². The van der Waals surface area contributed by atoms with Crippen LogP contribution in [0.4, 0.5) is 4.39 Å². The van der Waals surface area contributed by atoms with Crippen molar-refractivity contribution in [3.8, 4) is 69.3 Å². The Morgan fingerprint density at radius 1 is 0.815 bits per heavy atom. The molecule has 2 aliphatic carbocycles. The highest BCUT2D eigenvalue weighted by atomic mass is 19.1. The fourth-order valence-electron chi connectivity index (χ4n) is 7.76. The number of carbonyl (C=O) groups excluding carboxylic acids is 1. The normalized spacial score (nSPS) is 14.0. The van der Waals surface area contributed by atoms with E-state index in [9.17, 15) is 19.7 Å². The van der Waals surface area contributed by atoms with Crippen LogP contribution in [0.1, 0.15) is 89.7 Å². The van der Waals surface area contributed by atoms with Gasteiger partial charge in [-0.2, -0.15) is 20.5 Å². The zero-order valence-corrected chi connectivity index (χ0v) is 38.2. The lowest BCUT2D eigenvalue weighted by atomic mass is 10.0. The molecule has 2 aliphatic rings. The molecule has 0 aliphatic heterocycles. The van der Waals surface area contributed by atoms with Gasteiger partial charge in [0.05, 0.1) is 29.4 Å². The van der Waals surface area contributed by atoms with Crippen molar-refractivity contribution in [2.45, 2.75) is 91.0 Å². The number of nitrogens with one attached hydrogen (secondary N) is 2. The minimum atomic E-state index is -0.384. The van der Waals surface area contributed by atoms with E-state index in [4.69, 9.17) is 18.5 Å². The van der Waals surface area contributed by atoms with Gasteiger partial charge in [0, 0.05) is 51.8 Å². The van der Waals surface area contributed by atoms with Gasteiger partial charge in [-0.15, -0.1) is 0 Å². The van der Waals surface area contributed by atoms with Crippen LogP contribution >= 0.6 is 0 Å². The number of alkyl halides is 1. The van der Waals surface area contributed by atoms with E-state index < -0.39 is 0 Å². The number of ether oxygens (including phenoxy) is 2. The van der Waals surface area contributed by atoms with Gasteiger partial charge in [-0.25, -0.2) is 4.39 Å². The molecule has 0 radical (unpaired) electrons. The quantitative estimate of drug-likeness (QED) is 0.112. The van der Waals surface area contributed by atoms with E-state index in [1.54, 1.807) is 50.3 Å². The van der Waals surface area contributed by atoms with Gasteiger partial charge in [0.25, 0.3) is 11.8 Å². The molecule has 1 unspecified atom stereocenters. The molecule has 6 aromatic rings. The topological polar surface area (TPSA) is 188 Å². The van der Waals surface area contributed by atoms with Crippen LogP contribution in [0.15, 0.2) is 81.8 Å². The first kappa shape index (κ1) is 47.5. The van der Waals surface area contributed by atoms with Crippen molar-refractivity contribution >= 4 is 5.91 Å². The Kier molecular flexibility index (Phi) is 16.2. The van der Waals surface area contributed by atoms with Crippen LogP contribution < -0.4 is 20.1 Å². The summed E-state index contributed by atoms with van der Waals surface area (Å²) < 4.78 is 34.9. The van der Waals surface area contributed by atoms with Crippen molar-refractivity contribution in [3.05, 3.63) is 106 Å². The van der Waals surface area contributed by atoms with Crippen molar-refractivity contribution in [2.75, 3.05) is 34.4 Å². The van der Waals surface area contributed by atoms with E-state index in [0.717, 1.165) is 42.4 Å². The molecule has 0 saturated heterocycles. The molecule has 8 rings (SSSR count). The van der Waals surface area contributed by atoms with Crippen LogP contribution in [-0.4, -0.2) is 83.7 Å². The first-order valence-electron chi connectivity index (χ1n) is 21.9. The van der Waals surface area contributed by atoms with Crippen molar-refractivity contribution in [1.29, 1.82) is 10.5 Å². The maximum absolute atomic E-state index is 12.5. The number of likely N-dealkylation sites (N-methyl/N-ethyl adjacent to an activating group) is 2. The summed E-state index contributed by atoms with van der Waals surface area (Å²) in [5.74, 6) is 3.06. The highest BCUT2D eigenvalue weighted by Crippen LogP contribution is 2.38. The van der Waals surface area contributed by atoms with Gasteiger partial charge in [0.1, 0.15) is 30.3 Å². The van der Waals surface area contributed by atoms with Crippen molar-refractivity contribution in [3.63, 3.8) is 0 Å². The number of aromatic nitrogens is 4. The molecule has 1 amide bonds. The fourth-order valence-corrected chi connectivity index (χ4v) is 7.76. The third-order valence-electron chi connectivity index (χ3n) is 10.9. The largest absolute Gasteiger partial charge is 0.490 e. The fraction of sp³-hybridized carbons (Fsp3) is 0.380. The van der Waals surface area contributed by atoms with Crippen LogP contribution in [-0.2, 0) is 24.1 Å². The summed E-state index contributed by atoms with van der Waals surface area (Å²) in [7, 11) is 5.26. The molecular weight excluding hydrogens is 826 g/mol. The third kappa shape index (κ3) is 11.6. The molecule has 0 saturated carbocycles. The number of fused-ring (bicyclic) bond motifs is 2. The van der Waals surface area contributed by atoms with E-state index in [2.05, 4.69) is 55.2 Å². The lowest BCUT2D eigenvalue weighted by Crippen LogP contribution is -2.39. The van der Waals surface area contributed by atoms with Gasteiger partial charge >= 0.3 is 0 Å². The molecule has 0 spiro atoms. The van der Waals surface area contributed by atoms with Gasteiger partial charge in [0.2, 0.25) is 17.6 Å². The summed E-state index contributed by atoms with van der Waals surface area (Å²) in [6.45, 7) is 9.48. The summed E-state index contributed by atoms with van der Waals surface area (Å²) in [4.78, 5) is 21.6. The SMILES string of the molecule is CC(C)Oc1ccc(-c2nc(-c3cccc4c3CCC4)no2)cc1C#N.CC(C)Oc1ccc(-c2nc(-c3cccc4c3CC[C@@H]4NCCF)no2)cc1C#N.CNC(C)C(=O)N(C)C.[HH].[HH]. The maximum Gasteiger partial charge on any atom is 0.258 e. The molecule has 2 aromatic heterocycles. The average Bonchev–Trinajstić information content (AvgIpc) is 4.15. The van der Waals surface area contributed by atoms with Crippen LogP contribution in [0, 0.1) is 22.7 Å². The van der Waals surface area contributed by atoms with Gasteiger partial charge in [-0.05, 0) is 132 Å². The number of nitriles is 2. The van der Waals surface area contributed by atoms with Crippen LogP contribution in [0.25, 0.3) is 45.7 Å². The summed E-state index contributed by atoms with van der Waals surface area (Å²) in [6, 6.07) is 27.3. The summed E-state index contributed by atoms with van der Waals surface area (Å²) in [5.41, 5.74) is 9.23. The van der Waals surface area contributed by atoms with Crippen molar-refractivity contribution in [2.24, 2.45) is 0 Å². The van der Waals surface area contributed by atoms with E-state index >= 15 is 0 Å². The van der Waals surface area contributed by atoms with Crippen molar-refractivity contribution in [1.82, 2.24) is 35.8 Å². The Morgan fingerprint density at radius 3 is 1.86 bits per heavy atom. The average molecular weight is 886 g/mol. The van der Waals surface area contributed by atoms with Crippen LogP contribution in [0.5, 0.6) is 11.5 Å². The molecule has 15 heteroatoms. The first-order chi connectivity index (χ1) is 31.3. The number of halogens is 1. The maximum atomic E-state index is 12.5. The third-order valence-corrected chi connectivity index (χ3v) is 10.9. The number of carbonyl (C=O) groups is 1. The Morgan fingerprint density at radius 2 is 1.37 bits per heavy atom. The summed E-state index contributed by atoms with van der Waals surface area (Å²) in [6.07, 6.45) is 5.09. The molecule has 342 valence electrons. The molecule has 65 heavy (non-hydrogen) atoms. The zero-order valence-electron chi connectivity index (χ0n) is 38.2. The molecule has 2 N–H and O–H groups in total. The summed E-state index contributed by atoms with van der Waals surface area (Å²) in [5, 5.41) is 33.3. The number of aryl methyl sites for hydroxylation is 1. The highest BCUT2D eigenvalue weighted by molar-refractivity contribution is 5.80. The lowest BCUT2D eigenvalue weighted by molar-refractivity contribution is -0.130. The highest BCUT2D eigenvalue weighted by Gasteiger charge is 2.27. The van der Waals surface area contributed by atoms with Gasteiger partial charge in [0.15, 0.2) is 0 Å². The molecule has 2 heterocycles. The summed E-state index contributed by atoms with van der Waals surface area (Å²) >= 11 is 0. The molecule has 0 bridgehead atoms. The van der Waals surface area contributed by atoms with E-state index in [1.165, 1.54) is 23.1 Å². The number of benzene rings is 4. The Balaban J connectivity index is 0.000000243. The van der Waals surface area contributed by atoms with Crippen molar-refractivity contribution < 1.29 is 30.6 Å². The minimum Gasteiger partial charge on any atom is -0.490 e. The predicted octanol–water partition coefficient (Wildman–Crippen LogP) is 9.33. The second kappa shape index (κ2) is 22.1. The molecule has 2 atom stereocenters. The second-order valence-electron chi connectivity index (χ2n) is 16.5. The molecule has 14 nitrogen and oxygen atoms in total. The number of hydrogen-bond acceptors (Lipinski definition) is 13. The van der Waals surface area contributed by atoms with Gasteiger partial charge < -0.3 is 34.1 Å². The van der Waals surface area contributed by atoms with E-state index in [-0.39, 0.29) is 39.7 Å². The Hall–Kier alpha value is -6.94. The number of amides is 1.